The smallest absolute Gasteiger partial charge is 0.0346 e. The van der Waals surface area contributed by atoms with Crippen LogP contribution in [0.5, 0.6) is 0 Å². The molecule has 2 aromatic rings. The molecule has 0 aliphatic heterocycles. The predicted molar refractivity (Wildman–Crippen MR) is 93.2 cm³/mol. The summed E-state index contributed by atoms with van der Waals surface area (Å²) in [6, 6.07) is 3.98. The molecule has 1 nitrogen and oxygen atoms in total. The van der Waals surface area contributed by atoms with E-state index in [0.29, 0.717) is 0 Å². The van der Waals surface area contributed by atoms with E-state index in [-0.39, 0.29) is 0 Å². The van der Waals surface area contributed by atoms with E-state index in [0.717, 1.165) is 22.3 Å². The first-order chi connectivity index (χ1) is 10.0. The van der Waals surface area contributed by atoms with Crippen molar-refractivity contribution in [2.75, 3.05) is 0 Å². The van der Waals surface area contributed by atoms with Crippen molar-refractivity contribution in [3.8, 4) is 0 Å². The van der Waals surface area contributed by atoms with Crippen LogP contribution in [0.2, 0.25) is 0 Å². The van der Waals surface area contributed by atoms with Crippen LogP contribution in [-0.2, 0) is 0 Å². The Morgan fingerprint density at radius 3 is 2.14 bits per heavy atom. The van der Waals surface area contributed by atoms with Gasteiger partial charge in [0.2, 0.25) is 0 Å². The summed E-state index contributed by atoms with van der Waals surface area (Å²) in [7, 11) is 0. The zero-order valence-electron chi connectivity index (χ0n) is 13.0. The summed E-state index contributed by atoms with van der Waals surface area (Å²) >= 11 is 0. The summed E-state index contributed by atoms with van der Waals surface area (Å²) < 4.78 is 0. The Morgan fingerprint density at radius 1 is 1.00 bits per heavy atom. The summed E-state index contributed by atoms with van der Waals surface area (Å²) in [4.78, 5) is 4.19. The van der Waals surface area contributed by atoms with E-state index in [1.807, 2.05) is 30.5 Å². The van der Waals surface area contributed by atoms with Gasteiger partial charge in [-0.05, 0) is 65.8 Å². The number of nitrogens with zero attached hydrogens (tertiary/aromatic N) is 1. The van der Waals surface area contributed by atoms with Gasteiger partial charge in [-0.15, -0.1) is 0 Å². The van der Waals surface area contributed by atoms with Gasteiger partial charge in [-0.2, -0.15) is 0 Å². The Labute approximate surface area is 127 Å². The second kappa shape index (κ2) is 5.92. The van der Waals surface area contributed by atoms with Crippen LogP contribution >= 0.6 is 0 Å². The molecule has 0 saturated carbocycles. The molecule has 0 amide bonds. The lowest BCUT2D eigenvalue weighted by Crippen LogP contribution is -2.03. The van der Waals surface area contributed by atoms with Crippen molar-refractivity contribution < 1.29 is 0 Å². The van der Waals surface area contributed by atoms with Crippen LogP contribution in [0.3, 0.4) is 0 Å². The lowest BCUT2D eigenvalue weighted by Gasteiger charge is -2.20. The van der Waals surface area contributed by atoms with Crippen molar-refractivity contribution in [1.82, 2.24) is 4.98 Å². The van der Waals surface area contributed by atoms with Crippen molar-refractivity contribution in [1.29, 1.82) is 0 Å². The molecule has 0 fully saturated rings. The normalized spacial score (nSPS) is 10.2. The second-order valence-electron chi connectivity index (χ2n) is 5.21. The van der Waals surface area contributed by atoms with Gasteiger partial charge in [0, 0.05) is 18.0 Å². The summed E-state index contributed by atoms with van der Waals surface area (Å²) in [5, 5.41) is 0. The van der Waals surface area contributed by atoms with E-state index in [4.69, 9.17) is 0 Å². The maximum Gasteiger partial charge on any atom is 0.0346 e. The first-order valence-corrected chi connectivity index (χ1v) is 7.01. The van der Waals surface area contributed by atoms with Crippen LogP contribution in [0.15, 0.2) is 44.3 Å². The van der Waals surface area contributed by atoms with Gasteiger partial charge < -0.3 is 0 Å². The Hall–Kier alpha value is -2.41. The fourth-order valence-electron chi connectivity index (χ4n) is 2.87. The third-order valence-electron chi connectivity index (χ3n) is 4.13. The van der Waals surface area contributed by atoms with E-state index in [2.05, 4.69) is 45.5 Å². The molecular formula is C20H21N. The molecule has 0 unspecified atom stereocenters. The second-order valence-corrected chi connectivity index (χ2v) is 5.21. The highest BCUT2D eigenvalue weighted by molar-refractivity contribution is 5.86. The van der Waals surface area contributed by atoms with Crippen molar-refractivity contribution in [3.05, 3.63) is 83.2 Å². The highest BCUT2D eigenvalue weighted by atomic mass is 14.6. The lowest BCUT2D eigenvalue weighted by molar-refractivity contribution is 1.24. The predicted octanol–water partition coefficient (Wildman–Crippen LogP) is 5.35. The minimum absolute atomic E-state index is 1.000. The number of hydrogen-bond acceptors (Lipinski definition) is 1. The number of hydrogen-bond donors (Lipinski definition) is 0. The first-order valence-electron chi connectivity index (χ1n) is 7.01. The highest BCUT2D eigenvalue weighted by Crippen LogP contribution is 2.34. The average Bonchev–Trinajstić information content (AvgIpc) is 2.51. The van der Waals surface area contributed by atoms with E-state index in [1.165, 1.54) is 22.3 Å². The molecule has 2 rings (SSSR count). The van der Waals surface area contributed by atoms with Crippen LogP contribution < -0.4 is 0 Å². The summed E-state index contributed by atoms with van der Waals surface area (Å²) in [6.07, 6.45) is 7.44. The van der Waals surface area contributed by atoms with Crippen molar-refractivity contribution in [2.24, 2.45) is 0 Å². The maximum absolute atomic E-state index is 4.29. The van der Waals surface area contributed by atoms with Crippen LogP contribution in [0.4, 0.5) is 0 Å². The standard InChI is InChI=1S/C20H21N/c1-7-18-13(3)14(4)20(16(6)19(18)8-2)15(5)17-10-9-11-21-12-17/h7-12H,1-2,5H2,3-4,6H3. The Bertz CT molecular complexity index is 721. The van der Waals surface area contributed by atoms with Gasteiger partial charge in [0.15, 0.2) is 0 Å². The number of rotatable bonds is 4. The summed E-state index contributed by atoms with van der Waals surface area (Å²) in [5.74, 6) is 0. The van der Waals surface area contributed by atoms with Gasteiger partial charge in [0.25, 0.3) is 0 Å². The Balaban J connectivity index is 2.76. The molecule has 1 aromatic carbocycles. The molecule has 0 bridgehead atoms. The molecule has 21 heavy (non-hydrogen) atoms. The minimum Gasteiger partial charge on any atom is -0.264 e. The van der Waals surface area contributed by atoms with Crippen molar-refractivity contribution in [3.63, 3.8) is 0 Å². The average molecular weight is 275 g/mol. The van der Waals surface area contributed by atoms with Gasteiger partial charge in [-0.25, -0.2) is 0 Å². The fraction of sp³-hybridized carbons (Fsp3) is 0.150. The van der Waals surface area contributed by atoms with Crippen LogP contribution in [0.1, 0.15) is 38.9 Å². The Kier molecular flexibility index (Phi) is 4.23. The minimum atomic E-state index is 1.000. The zero-order valence-corrected chi connectivity index (χ0v) is 13.0. The van der Waals surface area contributed by atoms with E-state index >= 15 is 0 Å². The molecule has 0 spiro atoms. The van der Waals surface area contributed by atoms with Crippen molar-refractivity contribution >= 4 is 17.7 Å². The lowest BCUT2D eigenvalue weighted by atomic mass is 9.84. The van der Waals surface area contributed by atoms with Crippen molar-refractivity contribution in [2.45, 2.75) is 20.8 Å². The molecule has 1 heteroatoms. The SMILES string of the molecule is C=Cc1c(C)c(C)c(C(=C)c2cccnc2)c(C)c1C=C. The molecule has 106 valence electrons. The van der Waals surface area contributed by atoms with Gasteiger partial charge in [0.1, 0.15) is 0 Å². The van der Waals surface area contributed by atoms with Gasteiger partial charge in [-0.3, -0.25) is 4.98 Å². The monoisotopic (exact) mass is 275 g/mol. The summed E-state index contributed by atoms with van der Waals surface area (Å²) in [5.41, 5.74) is 9.17. The number of aromatic nitrogens is 1. The van der Waals surface area contributed by atoms with Gasteiger partial charge in [0.05, 0.1) is 0 Å². The van der Waals surface area contributed by atoms with E-state index in [9.17, 15) is 0 Å². The number of pyridine rings is 1. The van der Waals surface area contributed by atoms with Gasteiger partial charge in [-0.1, -0.05) is 38.0 Å². The molecule has 0 N–H and O–H groups in total. The molecule has 0 saturated heterocycles. The molecule has 0 atom stereocenters. The molecule has 1 aromatic heterocycles. The van der Waals surface area contributed by atoms with Crippen LogP contribution in [0, 0.1) is 20.8 Å². The maximum atomic E-state index is 4.29. The van der Waals surface area contributed by atoms with Gasteiger partial charge >= 0.3 is 0 Å². The molecular weight excluding hydrogens is 254 g/mol. The first kappa shape index (κ1) is 15.0. The molecule has 1 heterocycles. The molecule has 0 radical (unpaired) electrons. The third kappa shape index (κ3) is 2.47. The largest absolute Gasteiger partial charge is 0.264 e. The topological polar surface area (TPSA) is 12.9 Å². The highest BCUT2D eigenvalue weighted by Gasteiger charge is 2.16. The zero-order chi connectivity index (χ0) is 15.6. The van der Waals surface area contributed by atoms with Crippen LogP contribution in [-0.4, -0.2) is 4.98 Å². The fourth-order valence-corrected chi connectivity index (χ4v) is 2.87. The van der Waals surface area contributed by atoms with E-state index < -0.39 is 0 Å². The Morgan fingerprint density at radius 2 is 1.62 bits per heavy atom. The molecule has 0 aliphatic rings. The third-order valence-corrected chi connectivity index (χ3v) is 4.13. The quantitative estimate of drug-likeness (QED) is 0.732. The molecule has 0 aliphatic carbocycles. The van der Waals surface area contributed by atoms with Crippen LogP contribution in [0.25, 0.3) is 17.7 Å². The van der Waals surface area contributed by atoms with E-state index in [1.54, 1.807) is 6.20 Å². The summed E-state index contributed by atoms with van der Waals surface area (Å²) in [6.45, 7) is 18.6. The number of benzene rings is 1.